The highest BCUT2D eigenvalue weighted by atomic mass is 35.5. The van der Waals surface area contributed by atoms with Gasteiger partial charge in [-0.1, -0.05) is 29.3 Å². The van der Waals surface area contributed by atoms with E-state index in [0.717, 1.165) is 11.1 Å². The maximum atomic E-state index is 15.6. The summed E-state index contributed by atoms with van der Waals surface area (Å²) in [6, 6.07) is 13.5. The van der Waals surface area contributed by atoms with Crippen molar-refractivity contribution in [3.8, 4) is 28.7 Å². The maximum Gasteiger partial charge on any atom is 0.410 e. The SMILES string of the molecule is C=NCc1cc(Cl)cc(Oc2c(Cl)ccc(Cc3nnc(-c4ccc(OC[C@H]5CN(C(=O)OC(C)(C)C)CCO5)cc4C)o3)c2F)c1. The van der Waals surface area contributed by atoms with E-state index >= 15 is 4.39 Å². The largest absolute Gasteiger partial charge is 0.491 e. The van der Waals surface area contributed by atoms with Crippen LogP contribution in [-0.4, -0.2) is 65.9 Å². The average Bonchev–Trinajstić information content (AvgIpc) is 3.47. The number of nitrogens with zero attached hydrogens (tertiary/aromatic N) is 4. The molecule has 1 aliphatic rings. The molecule has 1 saturated heterocycles. The van der Waals surface area contributed by atoms with Gasteiger partial charge in [-0.3, -0.25) is 4.99 Å². The van der Waals surface area contributed by atoms with E-state index in [9.17, 15) is 4.79 Å². The Balaban J connectivity index is 1.22. The molecule has 5 rings (SSSR count). The van der Waals surface area contributed by atoms with E-state index in [0.29, 0.717) is 48.3 Å². The fourth-order valence-corrected chi connectivity index (χ4v) is 5.32. The number of hydrogen-bond donors (Lipinski definition) is 0. The van der Waals surface area contributed by atoms with E-state index in [1.54, 1.807) is 41.3 Å². The minimum Gasteiger partial charge on any atom is -0.491 e. The fraction of sp³-hybridized carbons (Fsp3) is 0.353. The smallest absolute Gasteiger partial charge is 0.410 e. The Hall–Kier alpha value is -4.19. The number of carbonyl (C=O) groups is 1. The molecule has 2 heterocycles. The number of rotatable bonds is 10. The molecule has 0 bridgehead atoms. The van der Waals surface area contributed by atoms with E-state index in [2.05, 4.69) is 21.9 Å². The van der Waals surface area contributed by atoms with Gasteiger partial charge in [0, 0.05) is 22.7 Å². The van der Waals surface area contributed by atoms with E-state index in [4.69, 9.17) is 46.6 Å². The summed E-state index contributed by atoms with van der Waals surface area (Å²) in [4.78, 5) is 17.9. The zero-order chi connectivity index (χ0) is 33.7. The Kier molecular flexibility index (Phi) is 10.7. The Morgan fingerprint density at radius 3 is 2.68 bits per heavy atom. The van der Waals surface area contributed by atoms with Crippen LogP contribution in [0.25, 0.3) is 11.5 Å². The third-order valence-corrected chi connectivity index (χ3v) is 7.55. The lowest BCUT2D eigenvalue weighted by Crippen LogP contribution is -2.49. The number of carbonyl (C=O) groups excluding carboxylic acids is 1. The summed E-state index contributed by atoms with van der Waals surface area (Å²) in [5.74, 6) is 0.609. The third-order valence-electron chi connectivity index (χ3n) is 7.04. The number of amides is 1. The molecular weight excluding hydrogens is 650 g/mol. The average molecular weight is 686 g/mol. The van der Waals surface area contributed by atoms with Crippen LogP contribution in [0.2, 0.25) is 10.0 Å². The second-order valence-electron chi connectivity index (χ2n) is 12.0. The summed E-state index contributed by atoms with van der Waals surface area (Å²) in [6.45, 7) is 12.7. The summed E-state index contributed by atoms with van der Waals surface area (Å²) in [6.07, 6.45) is -0.660. The zero-order valence-electron chi connectivity index (χ0n) is 26.5. The van der Waals surface area contributed by atoms with Crippen molar-refractivity contribution >= 4 is 36.0 Å². The summed E-state index contributed by atoms with van der Waals surface area (Å²) < 4.78 is 44.6. The van der Waals surface area contributed by atoms with Gasteiger partial charge in [0.15, 0.2) is 11.6 Å². The summed E-state index contributed by atoms with van der Waals surface area (Å²) in [7, 11) is 0. The first-order valence-electron chi connectivity index (χ1n) is 14.9. The zero-order valence-corrected chi connectivity index (χ0v) is 28.0. The summed E-state index contributed by atoms with van der Waals surface area (Å²) in [5.41, 5.74) is 1.97. The van der Waals surface area contributed by atoms with Gasteiger partial charge in [0.1, 0.15) is 29.8 Å². The van der Waals surface area contributed by atoms with Gasteiger partial charge in [0.05, 0.1) is 31.1 Å². The number of aromatic nitrogens is 2. The van der Waals surface area contributed by atoms with Gasteiger partial charge in [0.2, 0.25) is 11.8 Å². The first-order chi connectivity index (χ1) is 22.4. The number of morpholine rings is 1. The lowest BCUT2D eigenvalue weighted by molar-refractivity contribution is -0.0557. The van der Waals surface area contributed by atoms with Crippen LogP contribution in [0.1, 0.15) is 43.4 Å². The summed E-state index contributed by atoms with van der Waals surface area (Å²) in [5, 5.41) is 8.81. The van der Waals surface area contributed by atoms with Crippen molar-refractivity contribution < 1.29 is 32.5 Å². The standard InChI is InChI=1S/C34H35Cl2FN4O6/c1-20-12-24(44-19-26-18-41(10-11-43-26)33(42)47-34(2,3)4)7-8-27(20)32-40-39-29(46-32)15-22-6-9-28(36)31(30(22)37)45-25-14-21(17-38-5)13-23(35)16-25/h6-9,12-14,16,26H,5,10-11,15,17-19H2,1-4H3/t26-/m1/s1. The van der Waals surface area contributed by atoms with Crippen molar-refractivity contribution in [2.45, 2.75) is 52.4 Å². The molecular formula is C34H35Cl2FN4O6. The Bertz CT molecular complexity index is 1760. The topological polar surface area (TPSA) is 109 Å². The highest BCUT2D eigenvalue weighted by Gasteiger charge is 2.28. The number of aliphatic imine (C=N–C) groups is 1. The van der Waals surface area contributed by atoms with E-state index < -0.39 is 11.4 Å². The molecule has 248 valence electrons. The molecule has 1 fully saturated rings. The number of hydrogen-bond acceptors (Lipinski definition) is 9. The molecule has 0 N–H and O–H groups in total. The van der Waals surface area contributed by atoms with Crippen molar-refractivity contribution in [2.24, 2.45) is 4.99 Å². The molecule has 13 heteroatoms. The summed E-state index contributed by atoms with van der Waals surface area (Å²) >= 11 is 12.5. The molecule has 0 spiro atoms. The highest BCUT2D eigenvalue weighted by molar-refractivity contribution is 6.32. The molecule has 0 saturated carbocycles. The van der Waals surface area contributed by atoms with Gasteiger partial charge in [0.25, 0.3) is 0 Å². The third kappa shape index (κ3) is 9.00. The molecule has 10 nitrogen and oxygen atoms in total. The normalized spacial score (nSPS) is 15.0. The molecule has 1 atom stereocenters. The van der Waals surface area contributed by atoms with E-state index in [1.807, 2.05) is 39.8 Å². The van der Waals surface area contributed by atoms with Gasteiger partial charge in [-0.15, -0.1) is 10.2 Å². The molecule has 3 aromatic carbocycles. The number of halogens is 3. The van der Waals surface area contributed by atoms with Crippen LogP contribution in [0, 0.1) is 12.7 Å². The Labute approximate surface area is 282 Å². The van der Waals surface area contributed by atoms with Gasteiger partial charge >= 0.3 is 6.09 Å². The van der Waals surface area contributed by atoms with Crippen molar-refractivity contribution in [2.75, 3.05) is 26.3 Å². The van der Waals surface area contributed by atoms with Crippen LogP contribution in [0.4, 0.5) is 9.18 Å². The first-order valence-corrected chi connectivity index (χ1v) is 15.7. The molecule has 4 aromatic rings. The van der Waals surface area contributed by atoms with E-state index in [1.165, 1.54) is 0 Å². The molecule has 0 radical (unpaired) electrons. The number of ether oxygens (including phenoxy) is 4. The maximum absolute atomic E-state index is 15.6. The second-order valence-corrected chi connectivity index (χ2v) is 12.9. The van der Waals surface area contributed by atoms with Gasteiger partial charge < -0.3 is 28.3 Å². The molecule has 1 aromatic heterocycles. The minimum atomic E-state index is -0.658. The van der Waals surface area contributed by atoms with Gasteiger partial charge in [-0.2, -0.15) is 0 Å². The van der Waals surface area contributed by atoms with Crippen LogP contribution >= 0.6 is 23.2 Å². The Morgan fingerprint density at radius 1 is 1.13 bits per heavy atom. The molecule has 0 aliphatic carbocycles. The number of aryl methyl sites for hydroxylation is 1. The Morgan fingerprint density at radius 2 is 1.94 bits per heavy atom. The van der Waals surface area contributed by atoms with Gasteiger partial charge in [-0.25, -0.2) is 9.18 Å². The van der Waals surface area contributed by atoms with Crippen LogP contribution in [0.3, 0.4) is 0 Å². The van der Waals surface area contributed by atoms with Crippen LogP contribution in [0.5, 0.6) is 17.2 Å². The predicted molar refractivity (Wildman–Crippen MR) is 177 cm³/mol. The highest BCUT2D eigenvalue weighted by Crippen LogP contribution is 2.36. The minimum absolute atomic E-state index is 0.00941. The van der Waals surface area contributed by atoms with E-state index in [-0.39, 0.29) is 53.3 Å². The predicted octanol–water partition coefficient (Wildman–Crippen LogP) is 8.09. The van der Waals surface area contributed by atoms with Crippen LogP contribution in [0.15, 0.2) is 57.9 Å². The van der Waals surface area contributed by atoms with Crippen molar-refractivity contribution in [3.63, 3.8) is 0 Å². The number of benzene rings is 3. The molecule has 1 aliphatic heterocycles. The molecule has 0 unspecified atom stereocenters. The second kappa shape index (κ2) is 14.7. The van der Waals surface area contributed by atoms with Crippen molar-refractivity contribution in [1.82, 2.24) is 15.1 Å². The molecule has 1 amide bonds. The lowest BCUT2D eigenvalue weighted by Gasteiger charge is -2.34. The quantitative estimate of drug-likeness (QED) is 0.154. The fourth-order valence-electron chi connectivity index (χ4n) is 4.89. The first kappa shape index (κ1) is 34.2. The van der Waals surface area contributed by atoms with Crippen molar-refractivity contribution in [3.05, 3.63) is 87.0 Å². The van der Waals surface area contributed by atoms with Crippen molar-refractivity contribution in [1.29, 1.82) is 0 Å². The van der Waals surface area contributed by atoms with Crippen LogP contribution < -0.4 is 9.47 Å². The van der Waals surface area contributed by atoms with Crippen LogP contribution in [-0.2, 0) is 22.4 Å². The lowest BCUT2D eigenvalue weighted by atomic mass is 10.1. The molecule has 47 heavy (non-hydrogen) atoms. The monoisotopic (exact) mass is 684 g/mol. The van der Waals surface area contributed by atoms with Gasteiger partial charge in [-0.05, 0) is 88.0 Å².